The number of carbonyl (C=O) groups is 1. The molecule has 4 heteroatoms. The van der Waals surface area contributed by atoms with E-state index in [4.69, 9.17) is 9.47 Å². The lowest BCUT2D eigenvalue weighted by atomic mass is 10.0. The van der Waals surface area contributed by atoms with E-state index in [0.29, 0.717) is 24.5 Å². The summed E-state index contributed by atoms with van der Waals surface area (Å²) >= 11 is 0. The predicted octanol–water partition coefficient (Wildman–Crippen LogP) is 4.67. The molecule has 0 N–H and O–H groups in total. The highest BCUT2D eigenvalue weighted by molar-refractivity contribution is 5.94. The van der Waals surface area contributed by atoms with E-state index in [1.165, 1.54) is 7.11 Å². The van der Waals surface area contributed by atoms with Gasteiger partial charge in [-0.3, -0.25) is 0 Å². The third-order valence-corrected chi connectivity index (χ3v) is 3.81. The van der Waals surface area contributed by atoms with Crippen molar-refractivity contribution in [2.45, 2.75) is 6.92 Å². The van der Waals surface area contributed by atoms with Gasteiger partial charge in [-0.2, -0.15) is 0 Å². The molecule has 25 heavy (non-hydrogen) atoms. The van der Waals surface area contributed by atoms with Gasteiger partial charge in [0.05, 0.1) is 18.4 Å². The van der Waals surface area contributed by atoms with Crippen molar-refractivity contribution in [3.8, 4) is 5.75 Å². The monoisotopic (exact) mass is 337 g/mol. The molecule has 0 amide bonds. The molecule has 130 valence electrons. The number of hydrogen-bond donors (Lipinski definition) is 0. The number of ether oxygens (including phenoxy) is 2. The van der Waals surface area contributed by atoms with Gasteiger partial charge < -0.3 is 14.4 Å². The van der Waals surface area contributed by atoms with Crippen LogP contribution in [-0.2, 0) is 4.74 Å². The van der Waals surface area contributed by atoms with Gasteiger partial charge in [0.25, 0.3) is 0 Å². The minimum atomic E-state index is -0.374. The second-order valence-corrected chi connectivity index (χ2v) is 5.41. The van der Waals surface area contributed by atoms with Crippen molar-refractivity contribution >= 4 is 17.3 Å². The molecule has 0 aliphatic carbocycles. The van der Waals surface area contributed by atoms with Crippen LogP contribution in [0, 0.1) is 6.92 Å². The molecule has 2 aromatic carbocycles. The normalized spacial score (nSPS) is 10.0. The Balaban J connectivity index is 2.65. The molecule has 0 aliphatic heterocycles. The third-order valence-electron chi connectivity index (χ3n) is 3.81. The van der Waals surface area contributed by atoms with E-state index in [9.17, 15) is 4.79 Å². The van der Waals surface area contributed by atoms with Crippen molar-refractivity contribution in [1.29, 1.82) is 0 Å². The second kappa shape index (κ2) is 8.73. The van der Waals surface area contributed by atoms with Gasteiger partial charge in [0, 0.05) is 12.2 Å². The molecule has 0 aromatic heterocycles. The topological polar surface area (TPSA) is 38.8 Å². The lowest BCUT2D eigenvalue weighted by Gasteiger charge is -2.28. The van der Waals surface area contributed by atoms with Crippen molar-refractivity contribution < 1.29 is 14.3 Å². The smallest absolute Gasteiger partial charge is 0.338 e. The molecule has 0 unspecified atom stereocenters. The SMILES string of the molecule is C=CCOc1ccc(C(=O)OC)c(C)c1N(CC=C)c1ccccc1. The number of para-hydroxylation sites is 1. The molecular weight excluding hydrogens is 314 g/mol. The number of esters is 1. The molecule has 2 aromatic rings. The highest BCUT2D eigenvalue weighted by Crippen LogP contribution is 2.38. The molecule has 0 saturated carbocycles. The van der Waals surface area contributed by atoms with Crippen LogP contribution in [0.25, 0.3) is 0 Å². The van der Waals surface area contributed by atoms with E-state index in [-0.39, 0.29) is 5.97 Å². The summed E-state index contributed by atoms with van der Waals surface area (Å²) in [6, 6.07) is 13.4. The number of anilines is 2. The highest BCUT2D eigenvalue weighted by atomic mass is 16.5. The summed E-state index contributed by atoms with van der Waals surface area (Å²) < 4.78 is 10.7. The molecule has 0 aliphatic rings. The van der Waals surface area contributed by atoms with E-state index in [2.05, 4.69) is 18.1 Å². The molecule has 2 rings (SSSR count). The van der Waals surface area contributed by atoms with Crippen LogP contribution in [0.1, 0.15) is 15.9 Å². The van der Waals surface area contributed by atoms with Crippen LogP contribution in [0.5, 0.6) is 5.75 Å². The van der Waals surface area contributed by atoms with Crippen molar-refractivity contribution in [3.63, 3.8) is 0 Å². The minimum absolute atomic E-state index is 0.374. The number of hydrogen-bond acceptors (Lipinski definition) is 4. The van der Waals surface area contributed by atoms with Crippen LogP contribution in [0.3, 0.4) is 0 Å². The van der Waals surface area contributed by atoms with E-state index >= 15 is 0 Å². The quantitative estimate of drug-likeness (QED) is 0.518. The van der Waals surface area contributed by atoms with E-state index in [1.807, 2.05) is 43.3 Å². The Morgan fingerprint density at radius 2 is 1.84 bits per heavy atom. The molecule has 0 atom stereocenters. The average molecular weight is 337 g/mol. The Bertz CT molecular complexity index is 753. The molecule has 0 heterocycles. The van der Waals surface area contributed by atoms with Gasteiger partial charge in [-0.25, -0.2) is 4.79 Å². The Labute approximate surface area is 149 Å². The van der Waals surface area contributed by atoms with Crippen molar-refractivity contribution in [3.05, 3.63) is 78.9 Å². The van der Waals surface area contributed by atoms with Gasteiger partial charge in [-0.05, 0) is 36.8 Å². The summed E-state index contributed by atoms with van der Waals surface area (Å²) in [6.45, 7) is 10.4. The first kappa shape index (κ1) is 18.3. The zero-order chi connectivity index (χ0) is 18.2. The lowest BCUT2D eigenvalue weighted by molar-refractivity contribution is 0.0600. The number of benzene rings is 2. The average Bonchev–Trinajstić information content (AvgIpc) is 2.65. The van der Waals surface area contributed by atoms with E-state index in [0.717, 1.165) is 16.9 Å². The summed E-state index contributed by atoms with van der Waals surface area (Å²) in [6.07, 6.45) is 3.50. The standard InChI is InChI=1S/C21H23NO3/c1-5-14-22(17-10-8-7-9-11-17)20-16(3)18(21(23)24-4)12-13-19(20)25-15-6-2/h5-13H,1-2,14-15H2,3-4H3. The molecule has 0 bridgehead atoms. The van der Waals surface area contributed by atoms with Crippen LogP contribution in [0.15, 0.2) is 67.8 Å². The Morgan fingerprint density at radius 1 is 1.12 bits per heavy atom. The number of rotatable bonds is 8. The number of carbonyl (C=O) groups excluding carboxylic acids is 1. The van der Waals surface area contributed by atoms with Crippen molar-refractivity contribution in [1.82, 2.24) is 0 Å². The predicted molar refractivity (Wildman–Crippen MR) is 102 cm³/mol. The lowest BCUT2D eigenvalue weighted by Crippen LogP contribution is -2.20. The Morgan fingerprint density at radius 3 is 2.44 bits per heavy atom. The van der Waals surface area contributed by atoms with Crippen LogP contribution < -0.4 is 9.64 Å². The first-order valence-electron chi connectivity index (χ1n) is 8.03. The maximum Gasteiger partial charge on any atom is 0.338 e. The Kier molecular flexibility index (Phi) is 6.40. The summed E-state index contributed by atoms with van der Waals surface area (Å²) in [7, 11) is 1.38. The summed E-state index contributed by atoms with van der Waals surface area (Å²) in [5.41, 5.74) is 3.10. The highest BCUT2D eigenvalue weighted by Gasteiger charge is 2.21. The third kappa shape index (κ3) is 4.10. The van der Waals surface area contributed by atoms with Gasteiger partial charge in [0.2, 0.25) is 0 Å². The van der Waals surface area contributed by atoms with Crippen LogP contribution >= 0.6 is 0 Å². The fourth-order valence-electron chi connectivity index (χ4n) is 2.67. The zero-order valence-electron chi connectivity index (χ0n) is 14.7. The molecule has 0 radical (unpaired) electrons. The van der Waals surface area contributed by atoms with Crippen LogP contribution in [0.2, 0.25) is 0 Å². The first-order valence-corrected chi connectivity index (χ1v) is 8.03. The minimum Gasteiger partial charge on any atom is -0.487 e. The Hall–Kier alpha value is -3.01. The van der Waals surface area contributed by atoms with Gasteiger partial charge in [0.15, 0.2) is 0 Å². The first-order chi connectivity index (χ1) is 12.1. The van der Waals surface area contributed by atoms with E-state index < -0.39 is 0 Å². The van der Waals surface area contributed by atoms with Gasteiger partial charge in [-0.15, -0.1) is 6.58 Å². The maximum atomic E-state index is 12.1. The zero-order valence-corrected chi connectivity index (χ0v) is 14.7. The summed E-state index contributed by atoms with van der Waals surface area (Å²) in [5.74, 6) is 0.302. The van der Waals surface area contributed by atoms with Gasteiger partial charge >= 0.3 is 5.97 Å². The molecule has 0 saturated heterocycles. The largest absolute Gasteiger partial charge is 0.487 e. The van der Waals surface area contributed by atoms with Gasteiger partial charge in [-0.1, -0.05) is 36.9 Å². The molecule has 4 nitrogen and oxygen atoms in total. The summed E-state index contributed by atoms with van der Waals surface area (Å²) in [4.78, 5) is 14.2. The fraction of sp³-hybridized carbons (Fsp3) is 0.190. The molecule has 0 fully saturated rings. The number of nitrogens with zero attached hydrogens (tertiary/aromatic N) is 1. The second-order valence-electron chi connectivity index (χ2n) is 5.41. The number of methoxy groups -OCH3 is 1. The van der Waals surface area contributed by atoms with Gasteiger partial charge in [0.1, 0.15) is 12.4 Å². The fourth-order valence-corrected chi connectivity index (χ4v) is 2.67. The van der Waals surface area contributed by atoms with Crippen molar-refractivity contribution in [2.24, 2.45) is 0 Å². The molecular formula is C21H23NO3. The maximum absolute atomic E-state index is 12.1. The molecule has 0 spiro atoms. The van der Waals surface area contributed by atoms with Crippen molar-refractivity contribution in [2.75, 3.05) is 25.2 Å². The summed E-state index contributed by atoms with van der Waals surface area (Å²) in [5, 5.41) is 0. The van der Waals surface area contributed by atoms with E-state index in [1.54, 1.807) is 18.2 Å². The van der Waals surface area contributed by atoms with Crippen LogP contribution in [-0.4, -0.2) is 26.2 Å². The van der Waals surface area contributed by atoms with Crippen LogP contribution in [0.4, 0.5) is 11.4 Å².